The molecule has 228 valence electrons. The van der Waals surface area contributed by atoms with Crippen LogP contribution in [0.1, 0.15) is 77.7 Å². The molecule has 0 spiro atoms. The Kier molecular flexibility index (Phi) is 7.31. The first-order chi connectivity index (χ1) is 20.8. The van der Waals surface area contributed by atoms with Gasteiger partial charge in [0.1, 0.15) is 6.54 Å². The average Bonchev–Trinajstić information content (AvgIpc) is 3.00. The smallest absolute Gasteiger partial charge is 0.325 e. The predicted molar refractivity (Wildman–Crippen MR) is 167 cm³/mol. The van der Waals surface area contributed by atoms with Crippen molar-refractivity contribution in [1.29, 1.82) is 0 Å². The third-order valence-electron chi connectivity index (χ3n) is 11.8. The molecule has 1 aromatic carbocycles. The lowest BCUT2D eigenvalue weighted by Gasteiger charge is -2.60. The normalized spacial score (nSPS) is 29.7. The van der Waals surface area contributed by atoms with Gasteiger partial charge in [-0.05, 0) is 99.3 Å². The summed E-state index contributed by atoms with van der Waals surface area (Å²) in [4.78, 5) is 47.0. The van der Waals surface area contributed by atoms with Crippen LogP contribution in [0, 0.1) is 23.2 Å². The predicted octanol–water partition coefficient (Wildman–Crippen LogP) is 5.42. The number of fused-ring (bicyclic) bond motifs is 5. The summed E-state index contributed by atoms with van der Waals surface area (Å²) in [6.45, 7) is 5.88. The Balaban J connectivity index is 1.20. The van der Waals surface area contributed by atoms with E-state index in [-0.39, 0.29) is 29.4 Å². The van der Waals surface area contributed by atoms with Gasteiger partial charge in [-0.1, -0.05) is 38.5 Å². The summed E-state index contributed by atoms with van der Waals surface area (Å²) in [6.07, 6.45) is 11.0. The van der Waals surface area contributed by atoms with Crippen LogP contribution in [0.4, 0.5) is 0 Å². The Hall–Kier alpha value is -3.26. The molecule has 2 aliphatic heterocycles. The van der Waals surface area contributed by atoms with Crippen LogP contribution in [0.15, 0.2) is 52.1 Å². The van der Waals surface area contributed by atoms with Crippen molar-refractivity contribution >= 4 is 17.0 Å². The minimum Gasteiger partial charge on any atom is -0.468 e. The van der Waals surface area contributed by atoms with Crippen LogP contribution in [-0.4, -0.2) is 50.7 Å². The number of ether oxygens (including phenoxy) is 1. The van der Waals surface area contributed by atoms with Gasteiger partial charge in [0, 0.05) is 24.2 Å². The van der Waals surface area contributed by atoms with Crippen LogP contribution in [-0.2, 0) is 16.1 Å². The van der Waals surface area contributed by atoms with Gasteiger partial charge in [-0.2, -0.15) is 0 Å². The van der Waals surface area contributed by atoms with E-state index < -0.39 is 5.97 Å². The SMILES string of the molecule is COC(=O)Cn1c(-c2nc3ccccc3n(C3CC4CCCC(C3)N4CC[C@@H]3CC[C@H]4C[C@@H]3C4(C)C)c2=O)cccc1=O. The monoisotopic (exact) mass is 584 g/mol. The summed E-state index contributed by atoms with van der Waals surface area (Å²) in [5, 5.41) is 0. The second-order valence-electron chi connectivity index (χ2n) is 14.1. The number of hydrogen-bond acceptors (Lipinski definition) is 6. The fraction of sp³-hybridized carbons (Fsp3) is 0.600. The second kappa shape index (κ2) is 11.0. The summed E-state index contributed by atoms with van der Waals surface area (Å²) in [6, 6.07) is 13.5. The summed E-state index contributed by atoms with van der Waals surface area (Å²) in [5.41, 5.74) is 2.03. The number of methoxy groups -OCH3 is 1. The maximum absolute atomic E-state index is 14.4. The van der Waals surface area contributed by atoms with Gasteiger partial charge in [0.25, 0.3) is 11.1 Å². The van der Waals surface area contributed by atoms with E-state index in [4.69, 9.17) is 9.72 Å². The molecule has 8 rings (SSSR count). The molecule has 0 radical (unpaired) electrons. The van der Waals surface area contributed by atoms with E-state index in [0.29, 0.717) is 28.7 Å². The summed E-state index contributed by atoms with van der Waals surface area (Å²) in [7, 11) is 1.29. The lowest BCUT2D eigenvalue weighted by atomic mass is 9.45. The first-order valence-corrected chi connectivity index (χ1v) is 16.3. The Morgan fingerprint density at radius 2 is 1.72 bits per heavy atom. The number of pyridine rings is 1. The van der Waals surface area contributed by atoms with E-state index in [9.17, 15) is 14.4 Å². The lowest BCUT2D eigenvalue weighted by Crippen LogP contribution is -2.55. The molecule has 43 heavy (non-hydrogen) atoms. The third-order valence-corrected chi connectivity index (χ3v) is 11.8. The number of piperidine rings is 2. The highest BCUT2D eigenvalue weighted by molar-refractivity contribution is 5.78. The van der Waals surface area contributed by atoms with Crippen LogP contribution >= 0.6 is 0 Å². The van der Waals surface area contributed by atoms with Crippen LogP contribution in [0.3, 0.4) is 0 Å². The topological polar surface area (TPSA) is 86.4 Å². The van der Waals surface area contributed by atoms with Crippen molar-refractivity contribution in [3.8, 4) is 11.4 Å². The third kappa shape index (κ3) is 4.86. The molecule has 2 aromatic heterocycles. The molecule has 5 fully saturated rings. The zero-order valence-electron chi connectivity index (χ0n) is 25.7. The number of carbonyl (C=O) groups excluding carboxylic acids is 1. The minimum absolute atomic E-state index is 0.0520. The van der Waals surface area contributed by atoms with Gasteiger partial charge in [0.15, 0.2) is 5.69 Å². The summed E-state index contributed by atoms with van der Waals surface area (Å²) in [5.74, 6) is 2.12. The van der Waals surface area contributed by atoms with E-state index >= 15 is 0 Å². The van der Waals surface area contributed by atoms with Crippen molar-refractivity contribution in [3.05, 3.63) is 63.2 Å². The maximum atomic E-state index is 14.4. The van der Waals surface area contributed by atoms with Gasteiger partial charge < -0.3 is 9.30 Å². The molecule has 3 aromatic rings. The first-order valence-electron chi connectivity index (χ1n) is 16.3. The van der Waals surface area contributed by atoms with Gasteiger partial charge in [-0.25, -0.2) is 4.98 Å². The summed E-state index contributed by atoms with van der Waals surface area (Å²) >= 11 is 0. The van der Waals surface area contributed by atoms with Gasteiger partial charge in [0.05, 0.1) is 23.8 Å². The standard InChI is InChI=1S/C35H44N4O4/c1-35(2)23-15-14-22(27(35)18-23)16-17-37-24-8-6-9-25(37)20-26(19-24)39-29-11-5-4-10-28(29)36-33(34(39)42)30-12-7-13-31(40)38(30)21-32(41)43-3/h4-5,7,10-13,22-27H,6,8-9,14-21H2,1-3H3/t22-,23-,24?,25?,26?,27-/m0/s1. The van der Waals surface area contributed by atoms with E-state index in [0.717, 1.165) is 36.1 Å². The molecular formula is C35H44N4O4. The maximum Gasteiger partial charge on any atom is 0.325 e. The van der Waals surface area contributed by atoms with Crippen LogP contribution < -0.4 is 11.1 Å². The molecule has 5 aliphatic rings. The van der Waals surface area contributed by atoms with Crippen molar-refractivity contribution in [2.75, 3.05) is 13.7 Å². The molecule has 8 heteroatoms. The highest BCUT2D eigenvalue weighted by Gasteiger charge is 2.54. The van der Waals surface area contributed by atoms with Crippen molar-refractivity contribution in [2.24, 2.45) is 23.2 Å². The fourth-order valence-electron chi connectivity index (χ4n) is 9.42. The molecule has 2 unspecified atom stereocenters. The highest BCUT2D eigenvalue weighted by Crippen LogP contribution is 2.62. The fourth-order valence-corrected chi connectivity index (χ4v) is 9.42. The molecule has 3 aliphatic carbocycles. The Morgan fingerprint density at radius 1 is 0.953 bits per heavy atom. The van der Waals surface area contributed by atoms with Crippen molar-refractivity contribution in [1.82, 2.24) is 19.0 Å². The summed E-state index contributed by atoms with van der Waals surface area (Å²) < 4.78 is 8.09. The molecule has 5 atom stereocenters. The number of hydrogen-bond donors (Lipinski definition) is 0. The number of carbonyl (C=O) groups is 1. The van der Waals surface area contributed by atoms with Gasteiger partial charge in [-0.15, -0.1) is 0 Å². The average molecular weight is 585 g/mol. The number of para-hydroxylation sites is 2. The molecular weight excluding hydrogens is 540 g/mol. The molecule has 2 saturated heterocycles. The van der Waals surface area contributed by atoms with Gasteiger partial charge in [0.2, 0.25) is 0 Å². The molecule has 0 amide bonds. The van der Waals surface area contributed by atoms with Crippen LogP contribution in [0.2, 0.25) is 0 Å². The molecule has 3 saturated carbocycles. The molecule has 0 N–H and O–H groups in total. The largest absolute Gasteiger partial charge is 0.468 e. The second-order valence-corrected chi connectivity index (χ2v) is 14.1. The number of rotatable bonds is 7. The quantitative estimate of drug-likeness (QED) is 0.345. The van der Waals surface area contributed by atoms with Crippen molar-refractivity contribution in [2.45, 2.75) is 96.3 Å². The van der Waals surface area contributed by atoms with E-state index in [1.807, 2.05) is 28.8 Å². The zero-order valence-corrected chi connectivity index (χ0v) is 25.7. The van der Waals surface area contributed by atoms with Crippen molar-refractivity contribution < 1.29 is 9.53 Å². The molecule has 4 heterocycles. The van der Waals surface area contributed by atoms with E-state index in [2.05, 4.69) is 18.7 Å². The van der Waals surface area contributed by atoms with E-state index in [1.165, 1.54) is 69.2 Å². The minimum atomic E-state index is -0.551. The van der Waals surface area contributed by atoms with Crippen molar-refractivity contribution in [3.63, 3.8) is 0 Å². The van der Waals surface area contributed by atoms with Crippen LogP contribution in [0.25, 0.3) is 22.4 Å². The van der Waals surface area contributed by atoms with Gasteiger partial charge >= 0.3 is 5.97 Å². The van der Waals surface area contributed by atoms with Gasteiger partial charge in [-0.3, -0.25) is 23.9 Å². The number of benzene rings is 1. The Bertz CT molecular complexity index is 1640. The number of esters is 1. The Morgan fingerprint density at radius 3 is 2.44 bits per heavy atom. The van der Waals surface area contributed by atoms with E-state index in [1.54, 1.807) is 12.1 Å². The zero-order chi connectivity index (χ0) is 29.9. The first kappa shape index (κ1) is 28.5. The number of aromatic nitrogens is 3. The number of nitrogens with zero attached hydrogens (tertiary/aromatic N) is 4. The highest BCUT2D eigenvalue weighted by atomic mass is 16.5. The molecule has 4 bridgehead atoms. The van der Waals surface area contributed by atoms with Crippen LogP contribution in [0.5, 0.6) is 0 Å². The molecule has 8 nitrogen and oxygen atoms in total. The lowest BCUT2D eigenvalue weighted by molar-refractivity contribution is -0.141. The Labute approximate surface area is 253 Å².